The number of aliphatic hydroxyl groups excluding tert-OH is 1. The lowest BCUT2D eigenvalue weighted by Gasteiger charge is -2.27. The average Bonchev–Trinajstić information content (AvgIpc) is 3.54. The van der Waals surface area contributed by atoms with Gasteiger partial charge in [0.1, 0.15) is 12.2 Å². The van der Waals surface area contributed by atoms with Crippen molar-refractivity contribution >= 4 is 33.4 Å². The molecule has 19 heteroatoms. The van der Waals surface area contributed by atoms with Crippen molar-refractivity contribution in [2.75, 3.05) is 36.1 Å². The van der Waals surface area contributed by atoms with E-state index in [0.29, 0.717) is 9.59 Å². The molecule has 0 amide bonds. The minimum atomic E-state index is -5.00. The fraction of sp³-hybridized carbons (Fsp3) is 0.385. The molecular weight excluding hydrogens is 645 g/mol. The molecule has 4 heterocycles. The predicted octanol–water partition coefficient (Wildman–Crippen LogP) is 1.72. The van der Waals surface area contributed by atoms with Crippen LogP contribution in [0.3, 0.4) is 0 Å². The molecule has 4 aromatic rings. The minimum absolute atomic E-state index is 0.0390. The van der Waals surface area contributed by atoms with Crippen molar-refractivity contribution in [2.24, 2.45) is 0 Å². The lowest BCUT2D eigenvalue weighted by Crippen LogP contribution is -2.41. The molecule has 240 valence electrons. The van der Waals surface area contributed by atoms with Crippen molar-refractivity contribution in [1.82, 2.24) is 34.1 Å². The van der Waals surface area contributed by atoms with Gasteiger partial charge in [-0.1, -0.05) is 11.6 Å². The number of halogens is 4. The van der Waals surface area contributed by atoms with Crippen molar-refractivity contribution in [3.05, 3.63) is 69.6 Å². The van der Waals surface area contributed by atoms with Gasteiger partial charge in [0, 0.05) is 29.9 Å². The van der Waals surface area contributed by atoms with Gasteiger partial charge in [-0.3, -0.25) is 9.55 Å². The van der Waals surface area contributed by atoms with Crippen LogP contribution in [0.2, 0.25) is 5.02 Å². The second-order valence-corrected chi connectivity index (χ2v) is 12.7. The Kier molecular flexibility index (Phi) is 8.99. The molecule has 1 aliphatic heterocycles. The summed E-state index contributed by atoms with van der Waals surface area (Å²) in [4.78, 5) is 36.4. The summed E-state index contributed by atoms with van der Waals surface area (Å²) in [5.74, 6) is -1.08. The molecule has 1 aliphatic rings. The Balaban J connectivity index is 1.59. The number of esters is 1. The van der Waals surface area contributed by atoms with Gasteiger partial charge >= 0.3 is 17.8 Å². The number of benzene rings is 1. The van der Waals surface area contributed by atoms with E-state index in [-0.39, 0.29) is 65.6 Å². The zero-order valence-corrected chi connectivity index (χ0v) is 25.1. The molecule has 14 nitrogen and oxygen atoms in total. The maximum atomic E-state index is 13.4. The Morgan fingerprint density at radius 1 is 1.13 bits per heavy atom. The van der Waals surface area contributed by atoms with Crippen LogP contribution in [0.4, 0.5) is 19.1 Å². The van der Waals surface area contributed by atoms with Crippen LogP contribution in [0.15, 0.2) is 47.5 Å². The average molecular weight is 671 g/mol. The van der Waals surface area contributed by atoms with Crippen molar-refractivity contribution in [2.45, 2.75) is 32.3 Å². The molecule has 0 unspecified atom stereocenters. The third-order valence-electron chi connectivity index (χ3n) is 6.83. The number of pyridine rings is 1. The van der Waals surface area contributed by atoms with Crippen molar-refractivity contribution in [3.63, 3.8) is 0 Å². The van der Waals surface area contributed by atoms with Crippen LogP contribution in [-0.4, -0.2) is 97.1 Å². The quantitative estimate of drug-likeness (QED) is 0.258. The first-order valence-corrected chi connectivity index (χ1v) is 15.7. The summed E-state index contributed by atoms with van der Waals surface area (Å²) in [6, 6.07) is 7.26. The molecule has 0 spiro atoms. The van der Waals surface area contributed by atoms with Gasteiger partial charge in [-0.05, 0) is 37.3 Å². The zero-order chi connectivity index (χ0) is 32.5. The van der Waals surface area contributed by atoms with E-state index in [1.165, 1.54) is 47.4 Å². The predicted molar refractivity (Wildman–Crippen MR) is 154 cm³/mol. The number of carbonyl (C=O) groups is 1. The number of ether oxygens (including phenoxy) is 1. The normalized spacial score (nSPS) is 15.6. The Morgan fingerprint density at radius 3 is 2.47 bits per heavy atom. The summed E-state index contributed by atoms with van der Waals surface area (Å²) in [7, 11) is -3.28. The smallest absolute Gasteiger partial charge is 0.416 e. The Morgan fingerprint density at radius 2 is 1.82 bits per heavy atom. The first kappa shape index (κ1) is 32.1. The van der Waals surface area contributed by atoms with E-state index in [4.69, 9.17) is 16.3 Å². The Hall–Kier alpha value is -4.29. The topological polar surface area (TPSA) is 167 Å². The summed E-state index contributed by atoms with van der Waals surface area (Å²) >= 11 is 5.95. The molecule has 1 atom stereocenters. The molecule has 0 bridgehead atoms. The summed E-state index contributed by atoms with van der Waals surface area (Å²) in [6.45, 7) is 0.267. The highest BCUT2D eigenvalue weighted by atomic mass is 35.5. The van der Waals surface area contributed by atoms with Crippen molar-refractivity contribution in [1.29, 1.82) is 0 Å². The largest absolute Gasteiger partial charge is 0.462 e. The highest BCUT2D eigenvalue weighted by Gasteiger charge is 2.39. The van der Waals surface area contributed by atoms with Crippen molar-refractivity contribution < 1.29 is 36.2 Å². The summed E-state index contributed by atoms with van der Waals surface area (Å²) in [5.41, 5.74) is -0.487. The Bertz CT molecular complexity index is 1860. The maximum absolute atomic E-state index is 13.4. The van der Waals surface area contributed by atoms with Gasteiger partial charge < -0.3 is 14.7 Å². The highest BCUT2D eigenvalue weighted by molar-refractivity contribution is 7.91. The first-order valence-electron chi connectivity index (χ1n) is 13.5. The number of nitrogens with zero attached hydrogens (tertiary/aromatic N) is 8. The second-order valence-electron chi connectivity index (χ2n) is 9.93. The fourth-order valence-corrected chi connectivity index (χ4v) is 5.89. The molecule has 0 aliphatic carbocycles. The summed E-state index contributed by atoms with van der Waals surface area (Å²) in [5, 5.41) is 18.8. The van der Waals surface area contributed by atoms with Crippen LogP contribution in [-0.2, 0) is 27.7 Å². The minimum Gasteiger partial charge on any atom is -0.462 e. The van der Waals surface area contributed by atoms with Crippen molar-refractivity contribution in [3.8, 4) is 17.1 Å². The fourth-order valence-electron chi connectivity index (χ4n) is 4.56. The Labute approximate surface area is 258 Å². The standard InChI is InChI=1S/C26H26ClF3N8O6S/c1-2-44-23(40)18-7-8-31-13-19(18)38-24(35-9-11-45(42,43)12-10-35)32-21(33-38)15-37-25(41)36(14-20(39)26(28,29)30)22(34-37)16-3-5-17(27)6-4-16/h3-8,13,20,39H,2,9-12,14-15H2,1H3/t20-/m1/s1. The van der Waals surface area contributed by atoms with Crippen LogP contribution in [0, 0.1) is 0 Å². The van der Waals surface area contributed by atoms with E-state index >= 15 is 0 Å². The van der Waals surface area contributed by atoms with Crippen LogP contribution < -0.4 is 10.6 Å². The SMILES string of the molecule is CCOC(=O)c1ccncc1-n1nc(Cn2nc(-c3ccc(Cl)cc3)n(C[C@@H](O)C(F)(F)F)c2=O)nc1N1CCS(=O)(=O)CC1. The molecule has 1 aromatic carbocycles. The monoisotopic (exact) mass is 670 g/mol. The molecule has 1 saturated heterocycles. The van der Waals surface area contributed by atoms with E-state index < -0.39 is 46.9 Å². The third-order valence-corrected chi connectivity index (χ3v) is 8.70. The van der Waals surface area contributed by atoms with Crippen LogP contribution >= 0.6 is 11.6 Å². The number of aliphatic hydroxyl groups is 1. The van der Waals surface area contributed by atoms with E-state index in [1.807, 2.05) is 0 Å². The lowest BCUT2D eigenvalue weighted by molar-refractivity contribution is -0.207. The number of carbonyl (C=O) groups excluding carboxylic acids is 1. The van der Waals surface area contributed by atoms with Crippen LogP contribution in [0.5, 0.6) is 0 Å². The number of alkyl halides is 3. The number of anilines is 1. The molecule has 5 rings (SSSR count). The maximum Gasteiger partial charge on any atom is 0.416 e. The molecule has 0 radical (unpaired) electrons. The van der Waals surface area contributed by atoms with Crippen LogP contribution in [0.1, 0.15) is 23.1 Å². The third kappa shape index (κ3) is 7.02. The van der Waals surface area contributed by atoms with E-state index in [0.717, 1.165) is 4.68 Å². The van der Waals surface area contributed by atoms with E-state index in [1.54, 1.807) is 11.8 Å². The first-order chi connectivity index (χ1) is 21.3. The molecule has 0 saturated carbocycles. The second kappa shape index (κ2) is 12.6. The van der Waals surface area contributed by atoms with E-state index in [2.05, 4.69) is 20.2 Å². The zero-order valence-electron chi connectivity index (χ0n) is 23.6. The number of hydrogen-bond acceptors (Lipinski definition) is 11. The van der Waals surface area contributed by atoms with Gasteiger partial charge in [0.15, 0.2) is 27.6 Å². The lowest BCUT2D eigenvalue weighted by atomic mass is 10.2. The number of aromatic nitrogens is 7. The number of hydrogen-bond donors (Lipinski definition) is 1. The van der Waals surface area contributed by atoms with Gasteiger partial charge in [-0.25, -0.2) is 22.7 Å². The number of rotatable bonds is 9. The van der Waals surface area contributed by atoms with Gasteiger partial charge in [0.2, 0.25) is 5.95 Å². The number of sulfone groups is 1. The summed E-state index contributed by atoms with van der Waals surface area (Å²) < 4.78 is 72.0. The van der Waals surface area contributed by atoms with Crippen LogP contribution in [0.25, 0.3) is 17.1 Å². The molecule has 1 fully saturated rings. The highest BCUT2D eigenvalue weighted by Crippen LogP contribution is 2.26. The van der Waals surface area contributed by atoms with Gasteiger partial charge in [0.25, 0.3) is 0 Å². The summed E-state index contributed by atoms with van der Waals surface area (Å²) in [6.07, 6.45) is -5.14. The molecule has 45 heavy (non-hydrogen) atoms. The molecular formula is C26H26ClF3N8O6S. The van der Waals surface area contributed by atoms with E-state index in [9.17, 15) is 36.3 Å². The van der Waals surface area contributed by atoms with Gasteiger partial charge in [0.05, 0.1) is 36.4 Å². The van der Waals surface area contributed by atoms with Gasteiger partial charge in [-0.15, -0.1) is 10.2 Å². The molecule has 1 N–H and O–H groups in total. The van der Waals surface area contributed by atoms with Gasteiger partial charge in [-0.2, -0.15) is 22.8 Å². The molecule has 3 aromatic heterocycles.